The Morgan fingerprint density at radius 2 is 1.88 bits per heavy atom. The van der Waals surface area contributed by atoms with E-state index < -0.39 is 12.2 Å². The Morgan fingerprint density at radius 1 is 1.12 bits per heavy atom. The molecule has 0 saturated carbocycles. The Bertz CT molecular complexity index is 962. The second-order valence-electron chi connectivity index (χ2n) is 5.39. The lowest BCUT2D eigenvalue weighted by Crippen LogP contribution is -2.25. The van der Waals surface area contributed by atoms with Crippen molar-refractivity contribution in [3.05, 3.63) is 48.5 Å². The maximum absolute atomic E-state index is 13.0. The van der Waals surface area contributed by atoms with E-state index in [1.54, 1.807) is 0 Å². The van der Waals surface area contributed by atoms with Gasteiger partial charge in [-0.2, -0.15) is 4.80 Å². The summed E-state index contributed by atoms with van der Waals surface area (Å²) in [6, 6.07) is 13.1. The molecule has 2 aromatic carbocycles. The highest BCUT2D eigenvalue weighted by atomic mass is 19.3. The van der Waals surface area contributed by atoms with Crippen molar-refractivity contribution in [3.8, 4) is 22.9 Å². The molecule has 10 heteroatoms. The molecule has 26 heavy (non-hydrogen) atoms. The monoisotopic (exact) mass is 359 g/mol. The lowest BCUT2D eigenvalue weighted by Gasteiger charge is -2.05. The lowest BCUT2D eigenvalue weighted by atomic mass is 10.2. The summed E-state index contributed by atoms with van der Waals surface area (Å²) in [5.41, 5.74) is 1.05. The number of halogens is 2. The van der Waals surface area contributed by atoms with Crippen molar-refractivity contribution < 1.29 is 23.0 Å². The SMILES string of the molecule is O=C(Cn1nnc(-c2ccccc2)n1)Nc1ccc2c(c1)OC(F)(F)O2. The standard InChI is InChI=1S/C16H11F2N5O3/c17-16(18)25-12-7-6-11(8-13(12)26-16)19-14(24)9-23-21-15(20-22-23)10-4-2-1-3-5-10/h1-8H,9H2,(H,19,24). The number of ether oxygens (including phenoxy) is 2. The number of nitrogens with one attached hydrogen (secondary N) is 1. The van der Waals surface area contributed by atoms with Gasteiger partial charge in [-0.15, -0.1) is 19.0 Å². The van der Waals surface area contributed by atoms with E-state index in [0.29, 0.717) is 5.82 Å². The third kappa shape index (κ3) is 3.29. The van der Waals surface area contributed by atoms with E-state index in [1.807, 2.05) is 30.3 Å². The topological polar surface area (TPSA) is 91.2 Å². The zero-order valence-corrected chi connectivity index (χ0v) is 13.1. The number of nitrogens with zero attached hydrogens (tertiary/aromatic N) is 4. The van der Waals surface area contributed by atoms with Gasteiger partial charge in [0.25, 0.3) is 0 Å². The van der Waals surface area contributed by atoms with E-state index in [-0.39, 0.29) is 23.7 Å². The molecule has 8 nitrogen and oxygen atoms in total. The predicted octanol–water partition coefficient (Wildman–Crippen LogP) is 2.30. The van der Waals surface area contributed by atoms with E-state index in [0.717, 1.165) is 10.4 Å². The van der Waals surface area contributed by atoms with Gasteiger partial charge in [-0.3, -0.25) is 4.79 Å². The average molecular weight is 359 g/mol. The van der Waals surface area contributed by atoms with Crippen molar-refractivity contribution in [1.29, 1.82) is 0 Å². The van der Waals surface area contributed by atoms with Crippen molar-refractivity contribution in [1.82, 2.24) is 20.2 Å². The number of tetrazole rings is 1. The molecule has 1 aliphatic heterocycles. The van der Waals surface area contributed by atoms with Gasteiger partial charge in [0.05, 0.1) is 0 Å². The van der Waals surface area contributed by atoms with Crippen LogP contribution in [0.15, 0.2) is 48.5 Å². The highest BCUT2D eigenvalue weighted by Gasteiger charge is 2.43. The second-order valence-corrected chi connectivity index (χ2v) is 5.39. The third-order valence-electron chi connectivity index (χ3n) is 3.45. The zero-order valence-electron chi connectivity index (χ0n) is 13.1. The number of hydrogen-bond acceptors (Lipinski definition) is 6. The highest BCUT2D eigenvalue weighted by Crippen LogP contribution is 2.42. The van der Waals surface area contributed by atoms with Crippen molar-refractivity contribution in [3.63, 3.8) is 0 Å². The number of amides is 1. The van der Waals surface area contributed by atoms with Gasteiger partial charge >= 0.3 is 6.29 Å². The molecule has 0 unspecified atom stereocenters. The summed E-state index contributed by atoms with van der Waals surface area (Å²) < 4.78 is 34.6. The van der Waals surface area contributed by atoms with Crippen molar-refractivity contribution in [2.24, 2.45) is 0 Å². The largest absolute Gasteiger partial charge is 0.586 e. The molecular formula is C16H11F2N5O3. The third-order valence-corrected chi connectivity index (χ3v) is 3.45. The van der Waals surface area contributed by atoms with Gasteiger partial charge in [0.2, 0.25) is 11.7 Å². The molecule has 132 valence electrons. The van der Waals surface area contributed by atoms with Crippen LogP contribution in [-0.2, 0) is 11.3 Å². The molecule has 1 aromatic heterocycles. The van der Waals surface area contributed by atoms with Gasteiger partial charge in [0.1, 0.15) is 6.54 Å². The summed E-state index contributed by atoms with van der Waals surface area (Å²) in [5.74, 6) is -0.312. The zero-order chi connectivity index (χ0) is 18.1. The van der Waals surface area contributed by atoms with Crippen molar-refractivity contribution in [2.45, 2.75) is 12.8 Å². The van der Waals surface area contributed by atoms with Crippen LogP contribution < -0.4 is 14.8 Å². The fourth-order valence-corrected chi connectivity index (χ4v) is 2.37. The summed E-state index contributed by atoms with van der Waals surface area (Å²) in [7, 11) is 0. The molecule has 0 bridgehead atoms. The van der Waals surface area contributed by atoms with E-state index in [9.17, 15) is 13.6 Å². The summed E-state index contributed by atoms with van der Waals surface area (Å²) in [4.78, 5) is 13.2. The maximum Gasteiger partial charge on any atom is 0.586 e. The predicted molar refractivity (Wildman–Crippen MR) is 84.5 cm³/mol. The first-order valence-electron chi connectivity index (χ1n) is 7.51. The first-order valence-corrected chi connectivity index (χ1v) is 7.51. The molecule has 1 N–H and O–H groups in total. The molecule has 1 aliphatic rings. The summed E-state index contributed by atoms with van der Waals surface area (Å²) >= 11 is 0. The van der Waals surface area contributed by atoms with Crippen LogP contribution >= 0.6 is 0 Å². The van der Waals surface area contributed by atoms with Gasteiger partial charge < -0.3 is 14.8 Å². The molecule has 3 aromatic rings. The van der Waals surface area contributed by atoms with Gasteiger partial charge in [-0.25, -0.2) is 0 Å². The number of aromatic nitrogens is 4. The smallest absolute Gasteiger partial charge is 0.395 e. The van der Waals surface area contributed by atoms with E-state index in [2.05, 4.69) is 30.2 Å². The molecule has 4 rings (SSSR count). The summed E-state index contributed by atoms with van der Waals surface area (Å²) in [6.07, 6.45) is -3.70. The Hall–Kier alpha value is -3.56. The Morgan fingerprint density at radius 3 is 2.69 bits per heavy atom. The second kappa shape index (κ2) is 6.06. The number of alkyl halides is 2. The van der Waals surface area contributed by atoms with Crippen LogP contribution in [0.25, 0.3) is 11.4 Å². The van der Waals surface area contributed by atoms with Crippen LogP contribution in [0.2, 0.25) is 0 Å². The Balaban J connectivity index is 1.42. The van der Waals surface area contributed by atoms with Crippen LogP contribution in [-0.4, -0.2) is 32.4 Å². The fraction of sp³-hybridized carbons (Fsp3) is 0.125. The molecule has 0 saturated heterocycles. The minimum atomic E-state index is -3.70. The number of anilines is 1. The van der Waals surface area contributed by atoms with E-state index in [4.69, 9.17) is 0 Å². The van der Waals surface area contributed by atoms with Gasteiger partial charge in [-0.1, -0.05) is 30.3 Å². The van der Waals surface area contributed by atoms with Crippen molar-refractivity contribution in [2.75, 3.05) is 5.32 Å². The molecular weight excluding hydrogens is 348 g/mol. The van der Waals surface area contributed by atoms with E-state index >= 15 is 0 Å². The number of benzene rings is 2. The quantitative estimate of drug-likeness (QED) is 0.769. The van der Waals surface area contributed by atoms with Crippen LogP contribution in [0.5, 0.6) is 11.5 Å². The number of rotatable bonds is 4. The molecule has 1 amide bonds. The fourth-order valence-electron chi connectivity index (χ4n) is 2.37. The minimum absolute atomic E-state index is 0.0987. The summed E-state index contributed by atoms with van der Waals surface area (Å²) in [6.45, 7) is -0.190. The van der Waals surface area contributed by atoms with Gasteiger partial charge in [-0.05, 0) is 17.3 Å². The first-order chi connectivity index (χ1) is 12.5. The number of carbonyl (C=O) groups is 1. The van der Waals surface area contributed by atoms with Crippen LogP contribution in [0, 0.1) is 0 Å². The van der Waals surface area contributed by atoms with Crippen molar-refractivity contribution >= 4 is 11.6 Å². The van der Waals surface area contributed by atoms with Crippen LogP contribution in [0.1, 0.15) is 0 Å². The van der Waals surface area contributed by atoms with Crippen LogP contribution in [0.3, 0.4) is 0 Å². The Labute approximate surface area is 145 Å². The molecule has 0 fully saturated rings. The summed E-state index contributed by atoms with van der Waals surface area (Å²) in [5, 5.41) is 14.4. The first kappa shape index (κ1) is 15.9. The van der Waals surface area contributed by atoms with E-state index in [1.165, 1.54) is 18.2 Å². The van der Waals surface area contributed by atoms with Gasteiger partial charge in [0, 0.05) is 17.3 Å². The average Bonchev–Trinajstić information content (AvgIpc) is 3.17. The normalized spacial score (nSPS) is 14.2. The maximum atomic E-state index is 13.0. The Kier molecular flexibility index (Phi) is 3.72. The van der Waals surface area contributed by atoms with Gasteiger partial charge in [0.15, 0.2) is 11.5 Å². The number of hydrogen-bond donors (Lipinski definition) is 1. The molecule has 2 heterocycles. The molecule has 0 radical (unpaired) electrons. The minimum Gasteiger partial charge on any atom is -0.395 e. The molecule has 0 spiro atoms. The number of fused-ring (bicyclic) bond motifs is 1. The lowest BCUT2D eigenvalue weighted by molar-refractivity contribution is -0.286. The molecule has 0 atom stereocenters. The number of carbonyl (C=O) groups excluding carboxylic acids is 1. The highest BCUT2D eigenvalue weighted by molar-refractivity contribution is 5.90. The van der Waals surface area contributed by atoms with Crippen LogP contribution in [0.4, 0.5) is 14.5 Å². The molecule has 0 aliphatic carbocycles.